The van der Waals surface area contributed by atoms with Gasteiger partial charge >= 0.3 is 0 Å². The highest BCUT2D eigenvalue weighted by atomic mass is 35.5. The second kappa shape index (κ2) is 8.69. The van der Waals surface area contributed by atoms with E-state index in [1.807, 2.05) is 0 Å². The molecule has 2 amide bonds. The normalized spacial score (nSPS) is 19.3. The van der Waals surface area contributed by atoms with Crippen LogP contribution < -0.4 is 10.9 Å². The molecule has 9 heteroatoms. The van der Waals surface area contributed by atoms with Crippen molar-refractivity contribution in [1.82, 2.24) is 14.8 Å². The van der Waals surface area contributed by atoms with Gasteiger partial charge in [-0.1, -0.05) is 17.7 Å². The second-order valence-electron chi connectivity index (χ2n) is 6.40. The summed E-state index contributed by atoms with van der Waals surface area (Å²) in [5.74, 6) is -0.380. The van der Waals surface area contributed by atoms with Gasteiger partial charge in [0.1, 0.15) is 0 Å². The first-order valence-corrected chi connectivity index (χ1v) is 9.76. The summed E-state index contributed by atoms with van der Waals surface area (Å²) in [4.78, 5) is 38.6. The van der Waals surface area contributed by atoms with Crippen LogP contribution in [0.1, 0.15) is 11.3 Å². The number of thiophene rings is 1. The molecule has 0 aliphatic carbocycles. The van der Waals surface area contributed by atoms with Crippen LogP contribution in [-0.4, -0.2) is 51.6 Å². The number of carbonyl (C=O) groups is 2. The van der Waals surface area contributed by atoms with Crippen LogP contribution in [0.2, 0.25) is 4.34 Å². The van der Waals surface area contributed by atoms with E-state index < -0.39 is 12.1 Å². The lowest BCUT2D eigenvalue weighted by Gasteiger charge is -2.17. The van der Waals surface area contributed by atoms with Gasteiger partial charge in [0.15, 0.2) is 0 Å². The molecule has 0 saturated carbocycles. The van der Waals surface area contributed by atoms with E-state index in [0.717, 1.165) is 4.88 Å². The van der Waals surface area contributed by atoms with E-state index in [2.05, 4.69) is 5.32 Å². The second-order valence-corrected chi connectivity index (χ2v) is 8.20. The Balaban J connectivity index is 1.49. The lowest BCUT2D eigenvalue weighted by molar-refractivity contribution is -0.131. The smallest absolute Gasteiger partial charge is 0.250 e. The van der Waals surface area contributed by atoms with E-state index in [1.165, 1.54) is 26.9 Å². The highest BCUT2D eigenvalue weighted by Crippen LogP contribution is 2.22. The largest absolute Gasteiger partial charge is 0.389 e. The maximum Gasteiger partial charge on any atom is 0.250 e. The van der Waals surface area contributed by atoms with Crippen molar-refractivity contribution in [2.75, 3.05) is 13.1 Å². The van der Waals surface area contributed by atoms with Gasteiger partial charge in [0.05, 0.1) is 22.9 Å². The van der Waals surface area contributed by atoms with Crippen LogP contribution in [0, 0.1) is 0 Å². The van der Waals surface area contributed by atoms with Crippen molar-refractivity contribution >= 4 is 34.8 Å². The van der Waals surface area contributed by atoms with Crippen LogP contribution in [0.15, 0.2) is 41.3 Å². The highest BCUT2D eigenvalue weighted by Gasteiger charge is 2.34. The van der Waals surface area contributed by atoms with Gasteiger partial charge in [-0.2, -0.15) is 0 Å². The number of halogens is 1. The first-order valence-electron chi connectivity index (χ1n) is 8.57. The molecule has 0 aromatic carbocycles. The summed E-state index contributed by atoms with van der Waals surface area (Å²) in [6.45, 7) is 0.695. The summed E-state index contributed by atoms with van der Waals surface area (Å²) in [5.41, 5.74) is -0.162. The number of aryl methyl sites for hydroxylation is 1. The average Bonchev–Trinajstić information content (AvgIpc) is 3.19. The molecule has 0 unspecified atom stereocenters. The first kappa shape index (κ1) is 19.6. The summed E-state index contributed by atoms with van der Waals surface area (Å²) in [6, 6.07) is 7.84. The molecular weight excluding hydrogens is 390 g/mol. The predicted octanol–water partition coefficient (Wildman–Crippen LogP) is 0.884. The van der Waals surface area contributed by atoms with Crippen LogP contribution in [0.3, 0.4) is 0 Å². The number of rotatable bonds is 6. The Morgan fingerprint density at radius 1 is 1.26 bits per heavy atom. The van der Waals surface area contributed by atoms with Gasteiger partial charge in [0.25, 0.3) is 5.56 Å². The zero-order valence-corrected chi connectivity index (χ0v) is 16.1. The number of nitrogens with one attached hydrogen (secondary N) is 1. The highest BCUT2D eigenvalue weighted by molar-refractivity contribution is 7.16. The topological polar surface area (TPSA) is 91.6 Å². The standard InChI is InChI=1S/C18H20ClN3O4S/c19-15-5-4-12(27-15)9-16(24)20-13-10-22(11-14(13)23)18(26)6-8-21-7-2-1-3-17(21)25/h1-5,7,13-14,23H,6,8-11H2,(H,20,24)/t13-,14-/m1/s1. The SMILES string of the molecule is O=C(Cc1ccc(Cl)s1)N[C@@H]1CN(C(=O)CCn2ccccc2=O)C[C@H]1O. The maximum absolute atomic E-state index is 12.4. The maximum atomic E-state index is 12.4. The number of aromatic nitrogens is 1. The molecule has 1 aliphatic rings. The summed E-state index contributed by atoms with van der Waals surface area (Å²) in [6.07, 6.45) is 1.16. The summed E-state index contributed by atoms with van der Waals surface area (Å²) < 4.78 is 2.09. The number of hydrogen-bond donors (Lipinski definition) is 2. The minimum atomic E-state index is -0.815. The van der Waals surface area contributed by atoms with Gasteiger partial charge in [-0.3, -0.25) is 14.4 Å². The molecule has 0 bridgehead atoms. The van der Waals surface area contributed by atoms with Crippen LogP contribution in [0.5, 0.6) is 0 Å². The fourth-order valence-corrected chi connectivity index (χ4v) is 4.10. The zero-order valence-electron chi connectivity index (χ0n) is 14.5. The minimum absolute atomic E-state index is 0.158. The number of pyridine rings is 1. The number of nitrogens with zero attached hydrogens (tertiary/aromatic N) is 2. The zero-order chi connectivity index (χ0) is 19.4. The van der Waals surface area contributed by atoms with Crippen molar-refractivity contribution in [2.24, 2.45) is 0 Å². The molecule has 2 aromatic heterocycles. The molecule has 144 valence electrons. The Morgan fingerprint density at radius 2 is 2.07 bits per heavy atom. The molecule has 2 aromatic rings. The quantitative estimate of drug-likeness (QED) is 0.741. The van der Waals surface area contributed by atoms with Gasteiger partial charge in [-0.05, 0) is 18.2 Å². The number of carbonyl (C=O) groups excluding carboxylic acids is 2. The molecule has 27 heavy (non-hydrogen) atoms. The van der Waals surface area contributed by atoms with Gasteiger partial charge in [0.2, 0.25) is 11.8 Å². The van der Waals surface area contributed by atoms with Crippen molar-refractivity contribution in [3.8, 4) is 0 Å². The van der Waals surface area contributed by atoms with E-state index in [0.29, 0.717) is 4.34 Å². The molecule has 3 rings (SSSR count). The molecule has 2 N–H and O–H groups in total. The van der Waals surface area contributed by atoms with Crippen LogP contribution >= 0.6 is 22.9 Å². The van der Waals surface area contributed by atoms with E-state index in [9.17, 15) is 19.5 Å². The van der Waals surface area contributed by atoms with Crippen molar-refractivity contribution in [3.05, 3.63) is 56.1 Å². The Morgan fingerprint density at radius 3 is 2.78 bits per heavy atom. The molecule has 1 fully saturated rings. The summed E-state index contributed by atoms with van der Waals surface area (Å²) in [7, 11) is 0. The van der Waals surface area contributed by atoms with Crippen LogP contribution in [-0.2, 0) is 22.6 Å². The van der Waals surface area contributed by atoms with Crippen molar-refractivity contribution in [3.63, 3.8) is 0 Å². The molecule has 0 radical (unpaired) electrons. The van der Waals surface area contributed by atoms with Gasteiger partial charge in [-0.15, -0.1) is 11.3 Å². The third-order valence-corrected chi connectivity index (χ3v) is 5.65. The lowest BCUT2D eigenvalue weighted by Crippen LogP contribution is -2.43. The van der Waals surface area contributed by atoms with Gasteiger partial charge in [-0.25, -0.2) is 0 Å². The molecule has 1 saturated heterocycles. The van der Waals surface area contributed by atoms with Crippen molar-refractivity contribution in [2.45, 2.75) is 31.5 Å². The summed E-state index contributed by atoms with van der Waals surface area (Å²) >= 11 is 7.19. The third kappa shape index (κ3) is 5.18. The number of aliphatic hydroxyl groups excluding tert-OH is 1. The molecule has 2 atom stereocenters. The third-order valence-electron chi connectivity index (χ3n) is 4.42. The first-order chi connectivity index (χ1) is 12.9. The predicted molar refractivity (Wildman–Crippen MR) is 103 cm³/mol. The Bertz CT molecular complexity index is 881. The van der Waals surface area contributed by atoms with E-state index in [1.54, 1.807) is 30.5 Å². The van der Waals surface area contributed by atoms with Crippen LogP contribution in [0.25, 0.3) is 0 Å². The molecule has 3 heterocycles. The number of β-amino-alcohol motifs (C(OH)–C–C–N with tert-alkyl or cyclic N) is 1. The van der Waals surface area contributed by atoms with E-state index in [4.69, 9.17) is 11.6 Å². The number of amides is 2. The van der Waals surface area contributed by atoms with Crippen molar-refractivity contribution in [1.29, 1.82) is 0 Å². The Hall–Kier alpha value is -2.16. The number of aliphatic hydroxyl groups is 1. The van der Waals surface area contributed by atoms with Crippen molar-refractivity contribution < 1.29 is 14.7 Å². The fourth-order valence-electron chi connectivity index (χ4n) is 3.01. The molecule has 1 aliphatic heterocycles. The monoisotopic (exact) mass is 409 g/mol. The van der Waals surface area contributed by atoms with Gasteiger partial charge in [0, 0.05) is 43.2 Å². The van der Waals surface area contributed by atoms with Crippen LogP contribution in [0.4, 0.5) is 0 Å². The average molecular weight is 410 g/mol. The molecular formula is C18H20ClN3O4S. The molecule has 7 nitrogen and oxygen atoms in total. The Kier molecular flexibility index (Phi) is 6.30. The van der Waals surface area contributed by atoms with E-state index >= 15 is 0 Å². The summed E-state index contributed by atoms with van der Waals surface area (Å²) in [5, 5.41) is 13.0. The number of hydrogen-bond acceptors (Lipinski definition) is 5. The fraction of sp³-hybridized carbons (Fsp3) is 0.389. The van der Waals surface area contributed by atoms with E-state index in [-0.39, 0.29) is 49.8 Å². The Labute approximate surface area is 165 Å². The van der Waals surface area contributed by atoms with Gasteiger partial charge < -0.3 is 19.9 Å². The molecule has 0 spiro atoms. The number of likely N-dealkylation sites (tertiary alicyclic amines) is 1. The lowest BCUT2D eigenvalue weighted by atomic mass is 10.2. The minimum Gasteiger partial charge on any atom is -0.389 e.